The van der Waals surface area contributed by atoms with E-state index in [4.69, 9.17) is 0 Å². The first-order valence-corrected chi connectivity index (χ1v) is 8.07. The Kier molecular flexibility index (Phi) is 4.22. The molecule has 122 valence electrons. The van der Waals surface area contributed by atoms with Crippen LogP contribution in [0.3, 0.4) is 0 Å². The van der Waals surface area contributed by atoms with Gasteiger partial charge in [0.1, 0.15) is 11.6 Å². The third-order valence-corrected chi connectivity index (χ3v) is 4.35. The zero-order chi connectivity index (χ0) is 16.6. The molecule has 0 amide bonds. The maximum Gasteiger partial charge on any atom is 0.254 e. The van der Waals surface area contributed by atoms with Gasteiger partial charge in [-0.15, -0.1) is 0 Å². The summed E-state index contributed by atoms with van der Waals surface area (Å²) in [5.74, 6) is 1.27. The standard InChI is InChI=1S/C18H23N3O2/c1-11(2)17-19-15-10-21(7-6-14(15)18(23)20-17)9-13-8-12(3)4-5-16(13)22/h4-5,8,11,22H,6-7,9-10H2,1-3H3,(H,19,20,23). The summed E-state index contributed by atoms with van der Waals surface area (Å²) in [6.45, 7) is 8.17. The molecule has 2 aromatic rings. The molecule has 1 aromatic carbocycles. The molecule has 0 fully saturated rings. The number of aryl methyl sites for hydroxylation is 1. The molecular weight excluding hydrogens is 290 g/mol. The maximum atomic E-state index is 12.2. The zero-order valence-electron chi connectivity index (χ0n) is 13.9. The highest BCUT2D eigenvalue weighted by molar-refractivity contribution is 5.35. The van der Waals surface area contributed by atoms with Crippen LogP contribution in [0.5, 0.6) is 5.75 Å². The first-order chi connectivity index (χ1) is 10.9. The van der Waals surface area contributed by atoms with Gasteiger partial charge >= 0.3 is 0 Å². The van der Waals surface area contributed by atoms with Crippen molar-refractivity contribution in [3.05, 3.63) is 56.8 Å². The normalized spacial score (nSPS) is 15.0. The lowest BCUT2D eigenvalue weighted by atomic mass is 10.0. The van der Waals surface area contributed by atoms with Gasteiger partial charge in [0.25, 0.3) is 5.56 Å². The van der Waals surface area contributed by atoms with E-state index in [1.54, 1.807) is 6.07 Å². The van der Waals surface area contributed by atoms with Crippen molar-refractivity contribution in [3.63, 3.8) is 0 Å². The second kappa shape index (κ2) is 6.16. The second-order valence-electron chi connectivity index (χ2n) is 6.62. The molecule has 0 aliphatic carbocycles. The Balaban J connectivity index is 1.85. The number of nitrogens with zero attached hydrogens (tertiary/aromatic N) is 2. The highest BCUT2D eigenvalue weighted by atomic mass is 16.3. The van der Waals surface area contributed by atoms with Crippen LogP contribution in [0, 0.1) is 6.92 Å². The number of aromatic nitrogens is 2. The van der Waals surface area contributed by atoms with E-state index >= 15 is 0 Å². The minimum atomic E-state index is -0.00301. The predicted octanol–water partition coefficient (Wildman–Crippen LogP) is 2.47. The molecule has 0 spiro atoms. The number of hydrogen-bond donors (Lipinski definition) is 2. The number of aromatic amines is 1. The highest BCUT2D eigenvalue weighted by Gasteiger charge is 2.22. The number of fused-ring (bicyclic) bond motifs is 1. The second-order valence-corrected chi connectivity index (χ2v) is 6.62. The average Bonchev–Trinajstić information content (AvgIpc) is 2.50. The molecule has 23 heavy (non-hydrogen) atoms. The van der Waals surface area contributed by atoms with Gasteiger partial charge in [-0.2, -0.15) is 0 Å². The summed E-state index contributed by atoms with van der Waals surface area (Å²) in [6, 6.07) is 5.65. The van der Waals surface area contributed by atoms with Gasteiger partial charge in [-0.3, -0.25) is 9.69 Å². The molecule has 0 saturated heterocycles. The van der Waals surface area contributed by atoms with Crippen molar-refractivity contribution in [2.45, 2.75) is 46.2 Å². The van der Waals surface area contributed by atoms with Gasteiger partial charge in [-0.05, 0) is 19.4 Å². The third kappa shape index (κ3) is 3.29. The number of benzene rings is 1. The lowest BCUT2D eigenvalue weighted by Crippen LogP contribution is -2.35. The highest BCUT2D eigenvalue weighted by Crippen LogP contribution is 2.23. The van der Waals surface area contributed by atoms with Gasteiger partial charge in [0, 0.05) is 36.7 Å². The largest absolute Gasteiger partial charge is 0.508 e. The summed E-state index contributed by atoms with van der Waals surface area (Å²) in [5, 5.41) is 10.0. The lowest BCUT2D eigenvalue weighted by molar-refractivity contribution is 0.237. The molecule has 1 aliphatic rings. The molecule has 0 unspecified atom stereocenters. The van der Waals surface area contributed by atoms with Crippen LogP contribution in [0.1, 0.15) is 48.0 Å². The third-order valence-electron chi connectivity index (χ3n) is 4.35. The topological polar surface area (TPSA) is 69.2 Å². The predicted molar refractivity (Wildman–Crippen MR) is 89.6 cm³/mol. The Bertz CT molecular complexity index is 780. The van der Waals surface area contributed by atoms with Crippen LogP contribution in [-0.2, 0) is 19.5 Å². The Morgan fingerprint density at radius 1 is 1.39 bits per heavy atom. The van der Waals surface area contributed by atoms with E-state index in [1.165, 1.54) is 0 Å². The molecule has 2 heterocycles. The van der Waals surface area contributed by atoms with E-state index in [1.807, 2.05) is 32.9 Å². The molecule has 0 radical (unpaired) electrons. The average molecular weight is 313 g/mol. The van der Waals surface area contributed by atoms with Gasteiger partial charge in [0.2, 0.25) is 0 Å². The molecule has 3 rings (SSSR count). The molecule has 5 nitrogen and oxygen atoms in total. The summed E-state index contributed by atoms with van der Waals surface area (Å²) in [6.07, 6.45) is 0.697. The van der Waals surface area contributed by atoms with E-state index in [0.717, 1.165) is 34.8 Å². The number of rotatable bonds is 3. The fourth-order valence-corrected chi connectivity index (χ4v) is 3.00. The van der Waals surface area contributed by atoms with Crippen LogP contribution in [-0.4, -0.2) is 26.5 Å². The molecule has 2 N–H and O–H groups in total. The number of H-pyrrole nitrogens is 1. The van der Waals surface area contributed by atoms with Crippen LogP contribution in [0.15, 0.2) is 23.0 Å². The summed E-state index contributed by atoms with van der Waals surface area (Å²) in [7, 11) is 0. The first-order valence-electron chi connectivity index (χ1n) is 8.07. The summed E-state index contributed by atoms with van der Waals surface area (Å²) < 4.78 is 0. The van der Waals surface area contributed by atoms with E-state index in [0.29, 0.717) is 25.3 Å². The summed E-state index contributed by atoms with van der Waals surface area (Å²) in [4.78, 5) is 22.0. The molecule has 0 bridgehead atoms. The number of phenolic OH excluding ortho intramolecular Hbond substituents is 1. The van der Waals surface area contributed by atoms with Crippen molar-refractivity contribution in [2.24, 2.45) is 0 Å². The van der Waals surface area contributed by atoms with Crippen molar-refractivity contribution in [2.75, 3.05) is 6.54 Å². The quantitative estimate of drug-likeness (QED) is 0.913. The monoisotopic (exact) mass is 313 g/mol. The molecule has 5 heteroatoms. The van der Waals surface area contributed by atoms with E-state index in [2.05, 4.69) is 14.9 Å². The molecule has 0 saturated carbocycles. The Morgan fingerprint density at radius 3 is 2.91 bits per heavy atom. The van der Waals surface area contributed by atoms with Crippen molar-refractivity contribution < 1.29 is 5.11 Å². The molecule has 0 atom stereocenters. The van der Waals surface area contributed by atoms with Gasteiger partial charge in [0.05, 0.1) is 5.69 Å². The molecule has 1 aromatic heterocycles. The van der Waals surface area contributed by atoms with Gasteiger partial charge in [-0.1, -0.05) is 31.5 Å². The molecular formula is C18H23N3O2. The van der Waals surface area contributed by atoms with Crippen molar-refractivity contribution >= 4 is 0 Å². The van der Waals surface area contributed by atoms with E-state index in [9.17, 15) is 9.90 Å². The van der Waals surface area contributed by atoms with Crippen LogP contribution < -0.4 is 5.56 Å². The number of aromatic hydroxyl groups is 1. The first kappa shape index (κ1) is 15.7. The zero-order valence-corrected chi connectivity index (χ0v) is 13.9. The van der Waals surface area contributed by atoms with Crippen LogP contribution in [0.4, 0.5) is 0 Å². The summed E-state index contributed by atoms with van der Waals surface area (Å²) >= 11 is 0. The lowest BCUT2D eigenvalue weighted by Gasteiger charge is -2.28. The van der Waals surface area contributed by atoms with Gasteiger partial charge in [0.15, 0.2) is 0 Å². The summed E-state index contributed by atoms with van der Waals surface area (Å²) in [5.41, 5.74) is 3.72. The Hall–Kier alpha value is -2.14. The van der Waals surface area contributed by atoms with Crippen molar-refractivity contribution in [3.8, 4) is 5.75 Å². The van der Waals surface area contributed by atoms with Crippen LogP contribution in [0.2, 0.25) is 0 Å². The number of phenols is 1. The Morgan fingerprint density at radius 2 is 2.17 bits per heavy atom. The fraction of sp³-hybridized carbons (Fsp3) is 0.444. The molecule has 1 aliphatic heterocycles. The van der Waals surface area contributed by atoms with Gasteiger partial charge < -0.3 is 10.1 Å². The van der Waals surface area contributed by atoms with E-state index in [-0.39, 0.29) is 11.5 Å². The van der Waals surface area contributed by atoms with Crippen LogP contribution in [0.25, 0.3) is 0 Å². The number of nitrogens with one attached hydrogen (secondary N) is 1. The number of hydrogen-bond acceptors (Lipinski definition) is 4. The fourth-order valence-electron chi connectivity index (χ4n) is 3.00. The minimum Gasteiger partial charge on any atom is -0.508 e. The van der Waals surface area contributed by atoms with Crippen LogP contribution >= 0.6 is 0 Å². The Labute approximate surface area is 136 Å². The van der Waals surface area contributed by atoms with Gasteiger partial charge in [-0.25, -0.2) is 4.98 Å². The minimum absolute atomic E-state index is 0.00301. The van der Waals surface area contributed by atoms with E-state index < -0.39 is 0 Å². The maximum absolute atomic E-state index is 12.2. The smallest absolute Gasteiger partial charge is 0.254 e. The SMILES string of the molecule is Cc1ccc(O)c(CN2CCc3c(nc(C(C)C)[nH]c3=O)C2)c1. The van der Waals surface area contributed by atoms with Crippen molar-refractivity contribution in [1.29, 1.82) is 0 Å². The van der Waals surface area contributed by atoms with Crippen molar-refractivity contribution in [1.82, 2.24) is 14.9 Å².